The molecule has 0 aromatic carbocycles. The van der Waals surface area contributed by atoms with Gasteiger partial charge in [-0.15, -0.1) is 0 Å². The Kier molecular flexibility index (Phi) is 33.0. The molecule has 0 aromatic rings. The van der Waals surface area contributed by atoms with Crippen molar-refractivity contribution in [2.24, 2.45) is 81.9 Å². The number of aliphatic imine (C=N–C) groups is 1. The fourth-order valence-electron chi connectivity index (χ4n) is 4.92. The monoisotopic (exact) mass is 786 g/mol. The third kappa shape index (κ3) is 26.1. The van der Waals surface area contributed by atoms with Crippen LogP contribution in [0.4, 0.5) is 0 Å². The van der Waals surface area contributed by atoms with Gasteiger partial charge in [-0.2, -0.15) is 0 Å². The van der Waals surface area contributed by atoms with Crippen LogP contribution >= 0.6 is 0 Å². The first-order chi connectivity index (χ1) is 24.2. The highest BCUT2D eigenvalue weighted by molar-refractivity contribution is 6.03. The van der Waals surface area contributed by atoms with E-state index in [1.807, 2.05) is 138 Å². The molecule has 5 heteroatoms. The van der Waals surface area contributed by atoms with Crippen LogP contribution in [0.3, 0.4) is 0 Å². The largest absolute Gasteiger partial charge is 0.390 e. The summed E-state index contributed by atoms with van der Waals surface area (Å²) in [5, 5.41) is 38.7. The molecule has 5 nitrogen and oxygen atoms in total. The van der Waals surface area contributed by atoms with Crippen molar-refractivity contribution in [2.45, 2.75) is 223 Å². The van der Waals surface area contributed by atoms with Crippen LogP contribution in [0.2, 0.25) is 0 Å². The Bertz CT molecular complexity index is 821. The van der Waals surface area contributed by atoms with Gasteiger partial charge < -0.3 is 20.4 Å². The summed E-state index contributed by atoms with van der Waals surface area (Å²) in [5.41, 5.74) is 0.778. The van der Waals surface area contributed by atoms with Gasteiger partial charge in [0.25, 0.3) is 0 Å². The molecule has 0 bridgehead atoms. The third-order valence-corrected chi connectivity index (χ3v) is 13.5. The van der Waals surface area contributed by atoms with E-state index in [1.54, 1.807) is 0 Å². The van der Waals surface area contributed by atoms with Gasteiger partial charge >= 0.3 is 0 Å². The number of aliphatic hydroxyl groups is 4. The van der Waals surface area contributed by atoms with Gasteiger partial charge in [-0.1, -0.05) is 179 Å². The van der Waals surface area contributed by atoms with Crippen LogP contribution in [-0.2, 0) is 0 Å². The third-order valence-electron chi connectivity index (χ3n) is 13.5. The van der Waals surface area contributed by atoms with E-state index < -0.39 is 22.4 Å². The van der Waals surface area contributed by atoms with Gasteiger partial charge in [0.15, 0.2) is 0 Å². The molecule has 1 aliphatic heterocycles. The SMILES string of the molecule is CC(C)C(C)(O)C(C)C.CC(C)C(C)(O)C(C)C.CC(C)C(C)(O)C(C)C.CC(C)C(C)(O)C(C)C.CC(C)C(C)C(C)C.CC(C)C1=CCN=C1C(C)C. The van der Waals surface area contributed by atoms with Crippen molar-refractivity contribution in [3.8, 4) is 0 Å². The summed E-state index contributed by atoms with van der Waals surface area (Å²) in [6.07, 6.45) is 2.25. The van der Waals surface area contributed by atoms with Crippen molar-refractivity contribution in [1.82, 2.24) is 0 Å². The number of nitrogens with zero attached hydrogens (tertiary/aromatic N) is 1. The number of hydrogen-bond acceptors (Lipinski definition) is 5. The predicted octanol–water partition coefficient (Wildman–Crippen LogP) is 13.8. The van der Waals surface area contributed by atoms with Crippen LogP contribution < -0.4 is 0 Å². The van der Waals surface area contributed by atoms with E-state index in [1.165, 1.54) is 11.3 Å². The Morgan fingerprint density at radius 2 is 0.582 bits per heavy atom. The molecule has 1 heterocycles. The topological polar surface area (TPSA) is 93.3 Å². The minimum atomic E-state index is -0.500. The smallest absolute Gasteiger partial charge is 0.0665 e. The Labute approximate surface area is 348 Å². The second kappa shape index (κ2) is 28.6. The lowest BCUT2D eigenvalue weighted by atomic mass is 9.82. The van der Waals surface area contributed by atoms with Crippen molar-refractivity contribution in [2.75, 3.05) is 6.54 Å². The molecule has 0 atom stereocenters. The lowest BCUT2D eigenvalue weighted by molar-refractivity contribution is -0.0291. The van der Waals surface area contributed by atoms with Gasteiger partial charge in [-0.3, -0.25) is 4.99 Å². The summed E-state index contributed by atoms with van der Waals surface area (Å²) < 4.78 is 0. The molecule has 0 saturated carbocycles. The van der Waals surface area contributed by atoms with Crippen molar-refractivity contribution in [1.29, 1.82) is 0 Å². The quantitative estimate of drug-likeness (QED) is 0.158. The average molecular weight is 786 g/mol. The maximum absolute atomic E-state index is 9.67. The normalized spacial score (nSPS) is 14.0. The Balaban J connectivity index is -0.000000182. The standard InChI is InChI=1S/C10H17N.4C8H18O.C8H18/c1-7(2)9-5-6-11-10(9)8(3)4;4*1-6(2)8(5,9)7(3)4;1-6(2)8(5)7(3)4/h5,7-8H,6H2,1-4H3;4*6-7,9H,1-5H3;6-8H,1-5H3. The predicted molar refractivity (Wildman–Crippen MR) is 250 cm³/mol. The zero-order valence-electron chi connectivity index (χ0n) is 43.0. The highest BCUT2D eigenvalue weighted by Gasteiger charge is 2.30. The van der Waals surface area contributed by atoms with Gasteiger partial charge in [0.2, 0.25) is 0 Å². The van der Waals surface area contributed by atoms with Crippen molar-refractivity contribution < 1.29 is 20.4 Å². The van der Waals surface area contributed by atoms with E-state index in [4.69, 9.17) is 0 Å². The second-order valence-corrected chi connectivity index (χ2v) is 21.2. The fraction of sp³-hybridized carbons (Fsp3) is 0.940. The summed E-state index contributed by atoms with van der Waals surface area (Å²) in [5.74, 6) is 6.54. The van der Waals surface area contributed by atoms with E-state index in [0.29, 0.717) is 59.2 Å². The van der Waals surface area contributed by atoms with Gasteiger partial charge in [-0.05, 0) is 110 Å². The molecule has 4 N–H and O–H groups in total. The summed E-state index contributed by atoms with van der Waals surface area (Å²) in [6, 6.07) is 0. The molecule has 0 saturated heterocycles. The lowest BCUT2D eigenvalue weighted by Crippen LogP contribution is -2.36. The maximum atomic E-state index is 9.67. The molecule has 0 fully saturated rings. The van der Waals surface area contributed by atoms with Crippen LogP contribution in [0.1, 0.15) is 201 Å². The highest BCUT2D eigenvalue weighted by Crippen LogP contribution is 2.27. The molecule has 0 aromatic heterocycles. The molecular weight excluding hydrogens is 679 g/mol. The molecule has 0 aliphatic carbocycles. The van der Waals surface area contributed by atoms with Crippen LogP contribution in [0.25, 0.3) is 0 Å². The van der Waals surface area contributed by atoms with Crippen molar-refractivity contribution >= 4 is 5.71 Å². The molecule has 1 aliphatic rings. The Morgan fingerprint density at radius 3 is 0.655 bits per heavy atom. The highest BCUT2D eigenvalue weighted by atomic mass is 16.3. The molecular formula is C50H107NO4. The molecule has 336 valence electrons. The molecule has 0 radical (unpaired) electrons. The lowest BCUT2D eigenvalue weighted by Gasteiger charge is -2.31. The fourth-order valence-corrected chi connectivity index (χ4v) is 4.92. The first-order valence-corrected chi connectivity index (χ1v) is 22.4. The second-order valence-electron chi connectivity index (χ2n) is 21.2. The van der Waals surface area contributed by atoms with Gasteiger partial charge in [0.1, 0.15) is 0 Å². The number of rotatable bonds is 12. The van der Waals surface area contributed by atoms with E-state index in [-0.39, 0.29) is 0 Å². The Morgan fingerprint density at radius 1 is 0.382 bits per heavy atom. The molecule has 0 spiro atoms. The maximum Gasteiger partial charge on any atom is 0.0665 e. The average Bonchev–Trinajstić information content (AvgIpc) is 3.53. The van der Waals surface area contributed by atoms with Gasteiger partial charge in [0.05, 0.1) is 28.9 Å². The zero-order chi connectivity index (χ0) is 45.8. The summed E-state index contributed by atoms with van der Waals surface area (Å²) in [7, 11) is 0. The van der Waals surface area contributed by atoms with Crippen molar-refractivity contribution in [3.63, 3.8) is 0 Å². The van der Waals surface area contributed by atoms with Gasteiger partial charge in [0, 0.05) is 5.71 Å². The first-order valence-electron chi connectivity index (χ1n) is 22.4. The van der Waals surface area contributed by atoms with Crippen LogP contribution in [0.5, 0.6) is 0 Å². The van der Waals surface area contributed by atoms with E-state index in [9.17, 15) is 20.4 Å². The molecule has 0 unspecified atom stereocenters. The minimum absolute atomic E-state index is 0.345. The Hall–Kier alpha value is -0.750. The molecule has 55 heavy (non-hydrogen) atoms. The molecule has 1 rings (SSSR count). The van der Waals surface area contributed by atoms with Crippen molar-refractivity contribution in [3.05, 3.63) is 11.6 Å². The summed E-state index contributed by atoms with van der Waals surface area (Å²) in [4.78, 5) is 4.46. The molecule has 0 amide bonds. The number of allylic oxidation sites excluding steroid dienone is 1. The van der Waals surface area contributed by atoms with Gasteiger partial charge in [-0.25, -0.2) is 0 Å². The van der Waals surface area contributed by atoms with E-state index in [0.717, 1.165) is 24.3 Å². The van der Waals surface area contributed by atoms with E-state index >= 15 is 0 Å². The van der Waals surface area contributed by atoms with Crippen LogP contribution in [0.15, 0.2) is 16.6 Å². The van der Waals surface area contributed by atoms with Crippen LogP contribution in [0, 0.1) is 76.9 Å². The van der Waals surface area contributed by atoms with E-state index in [2.05, 4.69) is 73.4 Å². The van der Waals surface area contributed by atoms with Crippen LogP contribution in [-0.4, -0.2) is 55.1 Å². The zero-order valence-corrected chi connectivity index (χ0v) is 43.0. The number of hydrogen-bond donors (Lipinski definition) is 4. The summed E-state index contributed by atoms with van der Waals surface area (Å²) in [6.45, 7) is 61.5. The minimum Gasteiger partial charge on any atom is -0.390 e. The summed E-state index contributed by atoms with van der Waals surface area (Å²) >= 11 is 0. The first kappa shape index (κ1) is 63.4.